The van der Waals surface area contributed by atoms with Crippen LogP contribution in [0.25, 0.3) is 33.6 Å². The number of nitrogens with one attached hydrogen (secondary N) is 2. The monoisotopic (exact) mass is 512 g/mol. The fourth-order valence-corrected chi connectivity index (χ4v) is 5.13. The predicted molar refractivity (Wildman–Crippen MR) is 147 cm³/mol. The summed E-state index contributed by atoms with van der Waals surface area (Å²) in [6.07, 6.45) is 1.54. The van der Waals surface area contributed by atoms with Gasteiger partial charge in [0.1, 0.15) is 17.9 Å². The molecule has 1 amide bonds. The Kier molecular flexibility index (Phi) is 7.30. The lowest BCUT2D eigenvalue weighted by atomic mass is 9.98. The first-order valence-corrected chi connectivity index (χ1v) is 13.3. The molecular formula is C29H32N6O3. The molecule has 2 aliphatic heterocycles. The summed E-state index contributed by atoms with van der Waals surface area (Å²) < 4.78 is 11.8. The zero-order valence-electron chi connectivity index (χ0n) is 21.4. The van der Waals surface area contributed by atoms with Crippen molar-refractivity contribution >= 4 is 22.8 Å². The maximum atomic E-state index is 12.9. The van der Waals surface area contributed by atoms with E-state index in [2.05, 4.69) is 37.6 Å². The number of rotatable bonds is 7. The van der Waals surface area contributed by atoms with Gasteiger partial charge in [-0.2, -0.15) is 0 Å². The Bertz CT molecular complexity index is 1380. The zero-order chi connectivity index (χ0) is 25.7. The highest BCUT2D eigenvalue weighted by Crippen LogP contribution is 2.42. The van der Waals surface area contributed by atoms with E-state index in [-0.39, 0.29) is 5.91 Å². The van der Waals surface area contributed by atoms with Crippen LogP contribution in [0.15, 0.2) is 65.3 Å². The molecule has 9 nitrogen and oxygen atoms in total. The van der Waals surface area contributed by atoms with Gasteiger partial charge in [0.2, 0.25) is 5.71 Å². The molecule has 2 aromatic carbocycles. The van der Waals surface area contributed by atoms with Gasteiger partial charge in [0, 0.05) is 69.0 Å². The quantitative estimate of drug-likeness (QED) is 0.389. The Morgan fingerprint density at radius 1 is 0.921 bits per heavy atom. The van der Waals surface area contributed by atoms with Crippen LogP contribution in [0.4, 0.5) is 5.82 Å². The van der Waals surface area contributed by atoms with Crippen LogP contribution in [0.3, 0.4) is 0 Å². The molecule has 2 N–H and O–H groups in total. The lowest BCUT2D eigenvalue weighted by Gasteiger charge is -2.27. The van der Waals surface area contributed by atoms with Crippen molar-refractivity contribution in [3.63, 3.8) is 0 Å². The van der Waals surface area contributed by atoms with E-state index in [4.69, 9.17) is 9.15 Å². The molecule has 0 radical (unpaired) electrons. The number of anilines is 1. The molecule has 0 saturated carbocycles. The number of aromatic nitrogens is 2. The van der Waals surface area contributed by atoms with Gasteiger partial charge in [0.25, 0.3) is 5.91 Å². The molecule has 2 aliphatic rings. The molecule has 0 spiro atoms. The van der Waals surface area contributed by atoms with Gasteiger partial charge in [-0.1, -0.05) is 42.5 Å². The van der Waals surface area contributed by atoms with Crippen LogP contribution in [0.1, 0.15) is 10.4 Å². The highest BCUT2D eigenvalue weighted by atomic mass is 16.5. The molecule has 38 heavy (non-hydrogen) atoms. The minimum absolute atomic E-state index is 0.0228. The van der Waals surface area contributed by atoms with Crippen LogP contribution >= 0.6 is 0 Å². The number of benzene rings is 2. The van der Waals surface area contributed by atoms with Crippen molar-refractivity contribution in [2.45, 2.75) is 0 Å². The first kappa shape index (κ1) is 24.5. The smallest absolute Gasteiger partial charge is 0.254 e. The van der Waals surface area contributed by atoms with E-state index in [9.17, 15) is 4.79 Å². The van der Waals surface area contributed by atoms with Gasteiger partial charge in [-0.25, -0.2) is 9.97 Å². The number of amides is 1. The standard InChI is InChI=1S/C29H32N6O3/c36-29(35-16-18-37-19-17-35)23-8-6-22(7-9-23)26-24(21-4-2-1-3-5-21)25-27(32-20-33-28(25)38-26)31-12-15-34-13-10-30-11-14-34/h1-9,20,30H,10-19H2,(H,31,32,33). The van der Waals surface area contributed by atoms with Gasteiger partial charge in [0.15, 0.2) is 0 Å². The second-order valence-electron chi connectivity index (χ2n) is 9.57. The van der Waals surface area contributed by atoms with Crippen molar-refractivity contribution in [1.29, 1.82) is 0 Å². The van der Waals surface area contributed by atoms with Crippen molar-refractivity contribution < 1.29 is 13.9 Å². The van der Waals surface area contributed by atoms with Crippen LogP contribution in [-0.2, 0) is 4.74 Å². The van der Waals surface area contributed by atoms with Gasteiger partial charge in [0.05, 0.1) is 18.6 Å². The summed E-state index contributed by atoms with van der Waals surface area (Å²) in [6.45, 7) is 8.26. The van der Waals surface area contributed by atoms with Crippen molar-refractivity contribution in [2.75, 3.05) is 70.9 Å². The van der Waals surface area contributed by atoms with E-state index in [1.807, 2.05) is 47.4 Å². The minimum atomic E-state index is 0.0228. The largest absolute Gasteiger partial charge is 0.437 e. The van der Waals surface area contributed by atoms with Crippen LogP contribution < -0.4 is 10.6 Å². The summed E-state index contributed by atoms with van der Waals surface area (Å²) in [5.74, 6) is 1.50. The summed E-state index contributed by atoms with van der Waals surface area (Å²) in [5.41, 5.74) is 4.04. The Morgan fingerprint density at radius 3 is 2.45 bits per heavy atom. The second kappa shape index (κ2) is 11.3. The lowest BCUT2D eigenvalue weighted by Crippen LogP contribution is -2.45. The number of carbonyl (C=O) groups is 1. The molecule has 2 fully saturated rings. The van der Waals surface area contributed by atoms with E-state index in [1.54, 1.807) is 6.33 Å². The van der Waals surface area contributed by atoms with Gasteiger partial charge >= 0.3 is 0 Å². The molecule has 2 saturated heterocycles. The van der Waals surface area contributed by atoms with Gasteiger partial charge in [-0.3, -0.25) is 9.69 Å². The molecule has 9 heteroatoms. The number of morpholine rings is 1. The van der Waals surface area contributed by atoms with Crippen LogP contribution in [-0.4, -0.2) is 91.2 Å². The summed E-state index contributed by atoms with van der Waals surface area (Å²) >= 11 is 0. The van der Waals surface area contributed by atoms with Crippen molar-refractivity contribution in [1.82, 2.24) is 25.1 Å². The molecule has 6 rings (SSSR count). The molecule has 0 unspecified atom stereocenters. The third-order valence-electron chi connectivity index (χ3n) is 7.17. The number of fused-ring (bicyclic) bond motifs is 1. The van der Waals surface area contributed by atoms with E-state index in [1.165, 1.54) is 0 Å². The van der Waals surface area contributed by atoms with Crippen molar-refractivity contribution in [3.05, 3.63) is 66.5 Å². The molecule has 4 aromatic rings. The molecule has 2 aromatic heterocycles. The third kappa shape index (κ3) is 5.13. The zero-order valence-corrected chi connectivity index (χ0v) is 21.4. The number of nitrogens with zero attached hydrogens (tertiary/aromatic N) is 4. The number of hydrogen-bond donors (Lipinski definition) is 2. The first-order chi connectivity index (χ1) is 18.8. The van der Waals surface area contributed by atoms with Crippen LogP contribution in [0.2, 0.25) is 0 Å². The van der Waals surface area contributed by atoms with Crippen LogP contribution in [0.5, 0.6) is 0 Å². The SMILES string of the molecule is O=C(c1ccc(-c2oc3ncnc(NCCN4CCNCC4)c3c2-c2ccccc2)cc1)N1CCOCC1. The van der Waals surface area contributed by atoms with E-state index >= 15 is 0 Å². The number of hydrogen-bond acceptors (Lipinski definition) is 8. The summed E-state index contributed by atoms with van der Waals surface area (Å²) in [4.78, 5) is 26.3. The Labute approximate surface area is 221 Å². The van der Waals surface area contributed by atoms with Crippen molar-refractivity contribution in [3.8, 4) is 22.5 Å². The highest BCUT2D eigenvalue weighted by molar-refractivity contribution is 6.06. The van der Waals surface area contributed by atoms with E-state index in [0.29, 0.717) is 43.3 Å². The molecule has 0 aliphatic carbocycles. The third-order valence-corrected chi connectivity index (χ3v) is 7.17. The summed E-state index contributed by atoms with van der Waals surface area (Å²) in [5, 5.41) is 7.80. The topological polar surface area (TPSA) is 95.8 Å². The average Bonchev–Trinajstić information content (AvgIpc) is 3.39. The Balaban J connectivity index is 1.33. The van der Waals surface area contributed by atoms with Crippen LogP contribution in [0, 0.1) is 0 Å². The number of piperazine rings is 1. The first-order valence-electron chi connectivity index (χ1n) is 13.3. The fraction of sp³-hybridized carbons (Fsp3) is 0.345. The molecule has 0 atom stereocenters. The van der Waals surface area contributed by atoms with Gasteiger partial charge in [-0.05, 0) is 17.7 Å². The number of furan rings is 1. The molecular weight excluding hydrogens is 480 g/mol. The van der Waals surface area contributed by atoms with E-state index in [0.717, 1.165) is 67.2 Å². The average molecular weight is 513 g/mol. The second-order valence-corrected chi connectivity index (χ2v) is 9.57. The maximum absolute atomic E-state index is 12.9. The summed E-state index contributed by atoms with van der Waals surface area (Å²) in [7, 11) is 0. The Morgan fingerprint density at radius 2 is 1.68 bits per heavy atom. The fourth-order valence-electron chi connectivity index (χ4n) is 5.13. The number of ether oxygens (including phenoxy) is 1. The minimum Gasteiger partial charge on any atom is -0.437 e. The van der Waals surface area contributed by atoms with Gasteiger partial charge in [-0.15, -0.1) is 0 Å². The van der Waals surface area contributed by atoms with E-state index < -0.39 is 0 Å². The number of carbonyl (C=O) groups excluding carboxylic acids is 1. The highest BCUT2D eigenvalue weighted by Gasteiger charge is 2.23. The molecule has 4 heterocycles. The molecule has 0 bridgehead atoms. The lowest BCUT2D eigenvalue weighted by molar-refractivity contribution is 0.0303. The predicted octanol–water partition coefficient (Wildman–Crippen LogP) is 3.35. The Hall–Kier alpha value is -3.79. The van der Waals surface area contributed by atoms with Crippen molar-refractivity contribution in [2.24, 2.45) is 0 Å². The summed E-state index contributed by atoms with van der Waals surface area (Å²) in [6, 6.07) is 17.8. The van der Waals surface area contributed by atoms with Gasteiger partial charge < -0.3 is 24.7 Å². The molecule has 196 valence electrons. The maximum Gasteiger partial charge on any atom is 0.254 e. The normalized spacial score (nSPS) is 16.6.